The molecule has 2 heterocycles. The van der Waals surface area contributed by atoms with E-state index in [4.69, 9.17) is 5.73 Å². The molecule has 4 N–H and O–H groups in total. The third-order valence-electron chi connectivity index (χ3n) is 7.62. The van der Waals surface area contributed by atoms with Crippen LogP contribution in [0.2, 0.25) is 0 Å². The minimum Gasteiger partial charge on any atom is -0.322 e. The fourth-order valence-electron chi connectivity index (χ4n) is 5.97. The van der Waals surface area contributed by atoms with Crippen molar-refractivity contribution in [2.75, 3.05) is 13.1 Å². The predicted octanol–water partition coefficient (Wildman–Crippen LogP) is 2.33. The van der Waals surface area contributed by atoms with Gasteiger partial charge in [0.15, 0.2) is 0 Å². The van der Waals surface area contributed by atoms with Gasteiger partial charge in [-0.25, -0.2) is 18.0 Å². The Morgan fingerprint density at radius 2 is 1.87 bits per heavy atom. The molecule has 6 nitrogen and oxygen atoms in total. The van der Waals surface area contributed by atoms with Crippen LogP contribution in [0.25, 0.3) is 5.57 Å². The van der Waals surface area contributed by atoms with Crippen LogP contribution in [0.3, 0.4) is 0 Å². The lowest BCUT2D eigenvalue weighted by Gasteiger charge is -2.37. The van der Waals surface area contributed by atoms with Crippen molar-refractivity contribution in [3.63, 3.8) is 0 Å². The van der Waals surface area contributed by atoms with Crippen molar-refractivity contribution in [3.05, 3.63) is 37.9 Å². The summed E-state index contributed by atoms with van der Waals surface area (Å²) in [6, 6.07) is -1.92. The molecule has 0 amide bonds. The number of hydrogen-bond donors (Lipinski definition) is 3. The maximum atomic E-state index is 15.9. The van der Waals surface area contributed by atoms with Crippen LogP contribution in [-0.2, 0) is 0 Å². The minimum absolute atomic E-state index is 0.00243. The van der Waals surface area contributed by atoms with Crippen LogP contribution in [-0.4, -0.2) is 46.0 Å². The Bertz CT molecular complexity index is 1010. The second kappa shape index (κ2) is 6.82. The van der Waals surface area contributed by atoms with Crippen LogP contribution in [0.5, 0.6) is 0 Å². The molecule has 3 fully saturated rings. The van der Waals surface area contributed by atoms with E-state index >= 15 is 4.39 Å². The molecule has 1 saturated heterocycles. The second-order valence-corrected chi connectivity index (χ2v) is 9.52. The maximum absolute atomic E-state index is 15.9. The van der Waals surface area contributed by atoms with E-state index in [1.807, 2.05) is 4.90 Å². The highest BCUT2D eigenvalue weighted by Crippen LogP contribution is 2.51. The van der Waals surface area contributed by atoms with E-state index in [9.17, 15) is 18.4 Å². The Balaban J connectivity index is 1.55. The normalized spacial score (nSPS) is 36.4. The van der Waals surface area contributed by atoms with Gasteiger partial charge in [-0.1, -0.05) is 6.92 Å². The van der Waals surface area contributed by atoms with Crippen molar-refractivity contribution in [2.24, 2.45) is 23.5 Å². The van der Waals surface area contributed by atoms with E-state index in [1.165, 1.54) is 0 Å². The average molecular weight is 424 g/mol. The molecule has 3 aliphatic carbocycles. The molecule has 5 rings (SSSR count). The molecule has 1 aliphatic heterocycles. The largest absolute Gasteiger partial charge is 0.325 e. The number of H-pyrrole nitrogens is 2. The molecule has 1 aromatic rings. The van der Waals surface area contributed by atoms with Crippen molar-refractivity contribution >= 4 is 5.57 Å². The standard InChI is InChI=1S/C21H27F3N4O2/c1-9-16-14(19(29)27-20(30)26-16)13(10-4-5-10)15(22)17(9)28-7-11-3-2-6-21(23,24)18(25)12(11)8-28/h9-12,17-18H,2-8,25H2,1H3,(H2,26,27,29,30). The van der Waals surface area contributed by atoms with Gasteiger partial charge in [-0.2, -0.15) is 0 Å². The van der Waals surface area contributed by atoms with Gasteiger partial charge >= 0.3 is 5.69 Å². The molecule has 4 aliphatic rings. The molecule has 5 atom stereocenters. The van der Waals surface area contributed by atoms with Crippen LogP contribution in [0.15, 0.2) is 15.4 Å². The zero-order valence-electron chi connectivity index (χ0n) is 16.9. The smallest absolute Gasteiger partial charge is 0.322 e. The highest BCUT2D eigenvalue weighted by molar-refractivity contribution is 5.75. The Morgan fingerprint density at radius 3 is 2.57 bits per heavy atom. The molecule has 0 spiro atoms. The third kappa shape index (κ3) is 3.00. The van der Waals surface area contributed by atoms with Crippen LogP contribution >= 0.6 is 0 Å². The van der Waals surface area contributed by atoms with Gasteiger partial charge in [-0.15, -0.1) is 0 Å². The van der Waals surface area contributed by atoms with E-state index in [-0.39, 0.29) is 29.6 Å². The zero-order valence-corrected chi connectivity index (χ0v) is 16.9. The molecule has 0 radical (unpaired) electrons. The Hall–Kier alpha value is -1.87. The quantitative estimate of drug-likeness (QED) is 0.679. The van der Waals surface area contributed by atoms with Crippen LogP contribution in [0.4, 0.5) is 13.2 Å². The number of aromatic nitrogens is 2. The van der Waals surface area contributed by atoms with E-state index < -0.39 is 41.1 Å². The summed E-state index contributed by atoms with van der Waals surface area (Å²) in [6.45, 7) is 2.58. The van der Waals surface area contributed by atoms with E-state index in [0.29, 0.717) is 37.2 Å². The average Bonchev–Trinajstić information content (AvgIpc) is 3.43. The van der Waals surface area contributed by atoms with Crippen molar-refractivity contribution in [3.8, 4) is 0 Å². The first-order chi connectivity index (χ1) is 14.2. The molecular formula is C21H27F3N4O2. The van der Waals surface area contributed by atoms with Gasteiger partial charge in [0.2, 0.25) is 0 Å². The van der Waals surface area contributed by atoms with Crippen molar-refractivity contribution < 1.29 is 13.2 Å². The monoisotopic (exact) mass is 424 g/mol. The number of allylic oxidation sites excluding steroid dienone is 1. The number of aromatic amines is 2. The van der Waals surface area contributed by atoms with Gasteiger partial charge in [-0.3, -0.25) is 14.7 Å². The predicted molar refractivity (Wildman–Crippen MR) is 106 cm³/mol. The SMILES string of the molecule is CC1c2[nH]c(=O)[nH]c(=O)c2C(C2CC2)=C(F)C1N1CC2CCCC(F)(F)C(N)C2C1. The number of rotatable bonds is 2. The van der Waals surface area contributed by atoms with Crippen molar-refractivity contribution in [2.45, 2.75) is 63.0 Å². The molecule has 9 heteroatoms. The van der Waals surface area contributed by atoms with Crippen molar-refractivity contribution in [1.82, 2.24) is 14.9 Å². The summed E-state index contributed by atoms with van der Waals surface area (Å²) in [5, 5.41) is 0. The molecule has 2 saturated carbocycles. The summed E-state index contributed by atoms with van der Waals surface area (Å²) < 4.78 is 44.6. The zero-order chi connectivity index (χ0) is 21.4. The topological polar surface area (TPSA) is 95.0 Å². The maximum Gasteiger partial charge on any atom is 0.325 e. The first kappa shape index (κ1) is 20.1. The van der Waals surface area contributed by atoms with Gasteiger partial charge in [0.05, 0.1) is 17.6 Å². The second-order valence-electron chi connectivity index (χ2n) is 9.52. The molecule has 0 aromatic carbocycles. The van der Waals surface area contributed by atoms with Gasteiger partial charge < -0.3 is 10.7 Å². The summed E-state index contributed by atoms with van der Waals surface area (Å²) in [7, 11) is 0. The summed E-state index contributed by atoms with van der Waals surface area (Å²) in [5.41, 5.74) is 5.87. The van der Waals surface area contributed by atoms with Crippen LogP contribution in [0.1, 0.15) is 56.2 Å². The Kier molecular flexibility index (Phi) is 4.56. The lowest BCUT2D eigenvalue weighted by molar-refractivity contribution is -0.0457. The highest BCUT2D eigenvalue weighted by atomic mass is 19.3. The highest BCUT2D eigenvalue weighted by Gasteiger charge is 2.52. The Morgan fingerprint density at radius 1 is 1.13 bits per heavy atom. The number of fused-ring (bicyclic) bond motifs is 2. The number of nitrogens with one attached hydrogen (secondary N) is 2. The lowest BCUT2D eigenvalue weighted by atomic mass is 9.81. The number of alkyl halides is 2. The number of likely N-dealkylation sites (tertiary alicyclic amines) is 1. The molecule has 5 unspecified atom stereocenters. The molecule has 0 bridgehead atoms. The fourth-order valence-corrected chi connectivity index (χ4v) is 5.97. The van der Waals surface area contributed by atoms with Gasteiger partial charge in [0.1, 0.15) is 5.83 Å². The number of nitrogens with two attached hydrogens (primary N) is 1. The summed E-state index contributed by atoms with van der Waals surface area (Å²) in [5.74, 6) is -4.18. The van der Waals surface area contributed by atoms with E-state index in [2.05, 4.69) is 9.97 Å². The number of nitrogens with zero attached hydrogens (tertiary/aromatic N) is 1. The van der Waals surface area contributed by atoms with Gasteiger partial charge in [0, 0.05) is 36.7 Å². The molecule has 1 aromatic heterocycles. The summed E-state index contributed by atoms with van der Waals surface area (Å²) >= 11 is 0. The molecule has 164 valence electrons. The molecular weight excluding hydrogens is 397 g/mol. The molecule has 30 heavy (non-hydrogen) atoms. The van der Waals surface area contributed by atoms with Crippen LogP contribution in [0, 0.1) is 17.8 Å². The van der Waals surface area contributed by atoms with E-state index in [0.717, 1.165) is 12.8 Å². The Labute approximate surface area is 171 Å². The minimum atomic E-state index is -2.91. The van der Waals surface area contributed by atoms with E-state index in [1.54, 1.807) is 6.92 Å². The first-order valence-corrected chi connectivity index (χ1v) is 10.8. The number of hydrogen-bond acceptors (Lipinski definition) is 4. The summed E-state index contributed by atoms with van der Waals surface area (Å²) in [6.07, 6.45) is 2.46. The van der Waals surface area contributed by atoms with Gasteiger partial charge in [0.25, 0.3) is 11.5 Å². The fraction of sp³-hybridized carbons (Fsp3) is 0.714. The third-order valence-corrected chi connectivity index (χ3v) is 7.62. The van der Waals surface area contributed by atoms with Crippen LogP contribution < -0.4 is 17.0 Å². The summed E-state index contributed by atoms with van der Waals surface area (Å²) in [4.78, 5) is 31.3. The lowest BCUT2D eigenvalue weighted by Crippen LogP contribution is -2.48. The number of halogens is 3. The van der Waals surface area contributed by atoms with Crippen molar-refractivity contribution in [1.29, 1.82) is 0 Å². The van der Waals surface area contributed by atoms with Gasteiger partial charge in [-0.05, 0) is 43.4 Å². The first-order valence-electron chi connectivity index (χ1n) is 10.8.